The van der Waals surface area contributed by atoms with Crippen LogP contribution in [0.5, 0.6) is 0 Å². The van der Waals surface area contributed by atoms with Crippen LogP contribution in [0.25, 0.3) is 12.2 Å². The molecule has 0 atom stereocenters. The van der Waals surface area contributed by atoms with Gasteiger partial charge in [-0.2, -0.15) is 0 Å². The summed E-state index contributed by atoms with van der Waals surface area (Å²) in [4.78, 5) is 19.8. The summed E-state index contributed by atoms with van der Waals surface area (Å²) < 4.78 is 5.07. The number of ether oxygens (including phenoxy) is 1. The van der Waals surface area contributed by atoms with E-state index >= 15 is 0 Å². The molecule has 2 aromatic carbocycles. The van der Waals surface area contributed by atoms with Gasteiger partial charge in [0, 0.05) is 6.08 Å². The molecule has 4 heteroatoms. The van der Waals surface area contributed by atoms with Crippen molar-refractivity contribution in [3.63, 3.8) is 0 Å². The van der Waals surface area contributed by atoms with Gasteiger partial charge < -0.3 is 9.84 Å². The maximum absolute atomic E-state index is 11.5. The van der Waals surface area contributed by atoms with E-state index in [0.717, 1.165) is 11.1 Å². The number of carbonyl (C=O) groups excluding carboxylic acids is 1. The van der Waals surface area contributed by atoms with Crippen molar-refractivity contribution >= 4 is 24.6 Å². The second kappa shape index (κ2) is 11.5. The quantitative estimate of drug-likeness (QED) is 0.520. The van der Waals surface area contributed by atoms with Crippen molar-refractivity contribution in [1.82, 2.24) is 0 Å². The van der Waals surface area contributed by atoms with Crippen molar-refractivity contribution in [3.05, 3.63) is 83.9 Å². The molecule has 0 amide bonds. The topological polar surface area (TPSA) is 63.6 Å². The van der Waals surface area contributed by atoms with Crippen molar-refractivity contribution in [1.29, 1.82) is 0 Å². The fourth-order valence-corrected chi connectivity index (χ4v) is 1.66. The average molecular weight is 310 g/mol. The largest absolute Gasteiger partial charge is 0.483 e. The zero-order valence-electron chi connectivity index (χ0n) is 12.5. The molecular formula is C19H18O4. The molecule has 0 fully saturated rings. The first-order valence-corrected chi connectivity index (χ1v) is 6.95. The molecule has 2 rings (SSSR count). The summed E-state index contributed by atoms with van der Waals surface area (Å²) in [6, 6.07) is 19.5. The molecule has 0 aromatic heterocycles. The first-order valence-electron chi connectivity index (χ1n) is 6.95. The van der Waals surface area contributed by atoms with Crippen molar-refractivity contribution in [2.45, 2.75) is 0 Å². The van der Waals surface area contributed by atoms with Gasteiger partial charge in [-0.3, -0.25) is 4.79 Å². The van der Waals surface area contributed by atoms with Crippen molar-refractivity contribution < 1.29 is 19.4 Å². The fraction of sp³-hybridized carbons (Fsp3) is 0.0526. The molecule has 1 N–H and O–H groups in total. The van der Waals surface area contributed by atoms with Crippen molar-refractivity contribution in [3.8, 4) is 0 Å². The Hall–Kier alpha value is -3.14. The highest BCUT2D eigenvalue weighted by Crippen LogP contribution is 2.02. The van der Waals surface area contributed by atoms with Gasteiger partial charge in [0.25, 0.3) is 6.47 Å². The third-order valence-corrected chi connectivity index (χ3v) is 2.64. The Balaban J connectivity index is 0.000000816. The van der Waals surface area contributed by atoms with E-state index in [1.54, 1.807) is 6.08 Å². The molecule has 0 heterocycles. The molecule has 0 aliphatic carbocycles. The molecule has 4 nitrogen and oxygen atoms in total. The number of carbonyl (C=O) groups is 2. The monoisotopic (exact) mass is 310 g/mol. The molecule has 0 aliphatic heterocycles. The summed E-state index contributed by atoms with van der Waals surface area (Å²) in [6.07, 6.45) is 6.92. The van der Waals surface area contributed by atoms with Gasteiger partial charge in [0.1, 0.15) is 6.61 Å². The Morgan fingerprint density at radius 1 is 0.913 bits per heavy atom. The lowest BCUT2D eigenvalue weighted by Crippen LogP contribution is -1.99. The minimum absolute atomic E-state index is 0.250. The Bertz CT molecular complexity index is 631. The SMILES string of the molecule is O=C(/C=C/c1ccccc1)OC/C=C/c1ccccc1.O=CO. The number of hydrogen-bond donors (Lipinski definition) is 1. The van der Waals surface area contributed by atoms with Gasteiger partial charge in [-0.1, -0.05) is 66.7 Å². The second-order valence-electron chi connectivity index (χ2n) is 4.29. The molecule has 0 saturated carbocycles. The number of rotatable bonds is 5. The van der Waals surface area contributed by atoms with Gasteiger partial charge in [-0.05, 0) is 23.3 Å². The smallest absolute Gasteiger partial charge is 0.331 e. The van der Waals surface area contributed by atoms with Crippen LogP contribution in [-0.4, -0.2) is 24.2 Å². The number of esters is 1. The molecule has 0 spiro atoms. The Morgan fingerprint density at radius 2 is 1.39 bits per heavy atom. The maximum atomic E-state index is 11.5. The predicted molar refractivity (Wildman–Crippen MR) is 90.6 cm³/mol. The van der Waals surface area contributed by atoms with Crippen LogP contribution < -0.4 is 0 Å². The van der Waals surface area contributed by atoms with E-state index < -0.39 is 0 Å². The van der Waals surface area contributed by atoms with Crippen molar-refractivity contribution in [2.24, 2.45) is 0 Å². The van der Waals surface area contributed by atoms with Crippen LogP contribution in [0.2, 0.25) is 0 Å². The van der Waals surface area contributed by atoms with Gasteiger partial charge >= 0.3 is 5.97 Å². The van der Waals surface area contributed by atoms with E-state index in [-0.39, 0.29) is 19.0 Å². The summed E-state index contributed by atoms with van der Waals surface area (Å²) in [6.45, 7) is 0.0207. The van der Waals surface area contributed by atoms with Gasteiger partial charge in [0.05, 0.1) is 0 Å². The highest BCUT2D eigenvalue weighted by atomic mass is 16.5. The minimum atomic E-state index is -0.341. The lowest BCUT2D eigenvalue weighted by Gasteiger charge is -1.97. The van der Waals surface area contributed by atoms with Crippen LogP contribution in [0.3, 0.4) is 0 Å². The van der Waals surface area contributed by atoms with Crippen LogP contribution in [0.4, 0.5) is 0 Å². The van der Waals surface area contributed by atoms with E-state index in [1.165, 1.54) is 6.08 Å². The van der Waals surface area contributed by atoms with Crippen LogP contribution in [-0.2, 0) is 14.3 Å². The first-order chi connectivity index (χ1) is 11.3. The second-order valence-corrected chi connectivity index (χ2v) is 4.29. The third-order valence-electron chi connectivity index (χ3n) is 2.64. The highest BCUT2D eigenvalue weighted by Gasteiger charge is 1.94. The minimum Gasteiger partial charge on any atom is -0.483 e. The summed E-state index contributed by atoms with van der Waals surface area (Å²) in [5.41, 5.74) is 2.06. The van der Waals surface area contributed by atoms with Gasteiger partial charge in [-0.15, -0.1) is 0 Å². The lowest BCUT2D eigenvalue weighted by molar-refractivity contribution is -0.136. The van der Waals surface area contributed by atoms with Gasteiger partial charge in [-0.25, -0.2) is 4.79 Å². The predicted octanol–water partition coefficient (Wildman–Crippen LogP) is 3.66. The fourth-order valence-electron chi connectivity index (χ4n) is 1.66. The van der Waals surface area contributed by atoms with Crippen LogP contribution >= 0.6 is 0 Å². The number of carboxylic acid groups (broad SMARTS) is 1. The summed E-state index contributed by atoms with van der Waals surface area (Å²) in [5.74, 6) is -0.341. The van der Waals surface area contributed by atoms with E-state index in [9.17, 15) is 4.79 Å². The third kappa shape index (κ3) is 8.67. The molecule has 118 valence electrons. The van der Waals surface area contributed by atoms with Crippen LogP contribution in [0, 0.1) is 0 Å². The Morgan fingerprint density at radius 3 is 1.91 bits per heavy atom. The molecule has 0 saturated heterocycles. The molecule has 0 unspecified atom stereocenters. The van der Waals surface area contributed by atoms with Gasteiger partial charge in [0.2, 0.25) is 0 Å². The Labute approximate surface area is 135 Å². The zero-order valence-corrected chi connectivity index (χ0v) is 12.5. The van der Waals surface area contributed by atoms with Crippen molar-refractivity contribution in [2.75, 3.05) is 6.61 Å². The molecule has 0 radical (unpaired) electrons. The molecule has 0 bridgehead atoms. The summed E-state index contributed by atoms with van der Waals surface area (Å²) in [7, 11) is 0. The van der Waals surface area contributed by atoms with Crippen LogP contribution in [0.1, 0.15) is 11.1 Å². The molecule has 2 aromatic rings. The number of benzene rings is 2. The first kappa shape index (κ1) is 17.9. The summed E-state index contributed by atoms with van der Waals surface area (Å²) >= 11 is 0. The van der Waals surface area contributed by atoms with Gasteiger partial charge in [0.15, 0.2) is 0 Å². The maximum Gasteiger partial charge on any atom is 0.331 e. The van der Waals surface area contributed by atoms with Crippen LogP contribution in [0.15, 0.2) is 72.8 Å². The van der Waals surface area contributed by atoms with E-state index in [4.69, 9.17) is 14.6 Å². The molecule has 23 heavy (non-hydrogen) atoms. The number of hydrogen-bond acceptors (Lipinski definition) is 3. The zero-order chi connectivity index (χ0) is 16.8. The van der Waals surface area contributed by atoms with E-state index in [2.05, 4.69) is 0 Å². The average Bonchev–Trinajstić information content (AvgIpc) is 2.59. The highest BCUT2D eigenvalue weighted by molar-refractivity contribution is 5.87. The Kier molecular flexibility index (Phi) is 8.96. The van der Waals surface area contributed by atoms with E-state index in [0.29, 0.717) is 0 Å². The normalized spacial score (nSPS) is 10.1. The summed E-state index contributed by atoms with van der Waals surface area (Å²) in [5, 5.41) is 6.89. The molecule has 0 aliphatic rings. The lowest BCUT2D eigenvalue weighted by atomic mass is 10.2. The van der Waals surface area contributed by atoms with E-state index in [1.807, 2.05) is 72.8 Å². The molecular weight excluding hydrogens is 292 g/mol. The standard InChI is InChI=1S/C18H16O2.CH2O2/c19-18(14-13-17-10-5-2-6-11-17)20-15-7-12-16-8-3-1-4-9-16;2-1-3/h1-14H,15H2;1H,(H,2,3)/b12-7+,14-13+;.